The van der Waals surface area contributed by atoms with Gasteiger partial charge in [0.15, 0.2) is 0 Å². The molecule has 74 valence electrons. The predicted molar refractivity (Wildman–Crippen MR) is 46.4 cm³/mol. The van der Waals surface area contributed by atoms with Crippen molar-refractivity contribution in [2.24, 2.45) is 0 Å². The Morgan fingerprint density at radius 1 is 1.62 bits per heavy atom. The van der Waals surface area contributed by atoms with Crippen LogP contribution < -0.4 is 0 Å². The molecule has 0 amide bonds. The SMILES string of the molecule is O=S(=O)(O)CCCc1n[nH]c(=S)o1. The van der Waals surface area contributed by atoms with Crippen LogP contribution in [-0.4, -0.2) is 28.9 Å². The Kier molecular flexibility index (Phi) is 3.17. The van der Waals surface area contributed by atoms with Crippen molar-refractivity contribution in [2.75, 3.05) is 5.75 Å². The second kappa shape index (κ2) is 3.99. The number of aryl methyl sites for hydroxylation is 1. The molecule has 0 atom stereocenters. The van der Waals surface area contributed by atoms with E-state index in [1.54, 1.807) is 0 Å². The van der Waals surface area contributed by atoms with E-state index in [-0.39, 0.29) is 17.0 Å². The molecular weight excluding hydrogens is 216 g/mol. The van der Waals surface area contributed by atoms with E-state index in [1.807, 2.05) is 0 Å². The van der Waals surface area contributed by atoms with E-state index in [9.17, 15) is 8.42 Å². The lowest BCUT2D eigenvalue weighted by Crippen LogP contribution is -2.04. The highest BCUT2D eigenvalue weighted by atomic mass is 32.2. The Bertz CT molecular complexity index is 418. The van der Waals surface area contributed by atoms with Crippen molar-refractivity contribution in [2.45, 2.75) is 12.8 Å². The van der Waals surface area contributed by atoms with Crippen LogP contribution >= 0.6 is 12.2 Å². The highest BCUT2D eigenvalue weighted by molar-refractivity contribution is 7.85. The fraction of sp³-hybridized carbons (Fsp3) is 0.600. The zero-order chi connectivity index (χ0) is 9.90. The van der Waals surface area contributed by atoms with Crippen molar-refractivity contribution in [3.8, 4) is 0 Å². The molecule has 0 spiro atoms. The van der Waals surface area contributed by atoms with Crippen molar-refractivity contribution >= 4 is 22.3 Å². The largest absolute Gasteiger partial charge is 0.414 e. The van der Waals surface area contributed by atoms with E-state index in [0.717, 1.165) is 0 Å². The van der Waals surface area contributed by atoms with Crippen molar-refractivity contribution in [3.05, 3.63) is 10.7 Å². The van der Waals surface area contributed by atoms with Crippen LogP contribution in [0.15, 0.2) is 4.42 Å². The Morgan fingerprint density at radius 3 is 2.77 bits per heavy atom. The Balaban J connectivity index is 2.41. The van der Waals surface area contributed by atoms with Gasteiger partial charge in [-0.3, -0.25) is 4.55 Å². The molecule has 8 heteroatoms. The zero-order valence-corrected chi connectivity index (χ0v) is 8.19. The summed E-state index contributed by atoms with van der Waals surface area (Å²) in [5, 5.41) is 6.07. The van der Waals surface area contributed by atoms with E-state index >= 15 is 0 Å². The molecule has 0 aromatic carbocycles. The van der Waals surface area contributed by atoms with Crippen molar-refractivity contribution in [1.82, 2.24) is 10.2 Å². The molecule has 0 bridgehead atoms. The summed E-state index contributed by atoms with van der Waals surface area (Å²) in [5.41, 5.74) is 0. The molecule has 0 aliphatic heterocycles. The third kappa shape index (κ3) is 4.15. The van der Waals surface area contributed by atoms with E-state index in [2.05, 4.69) is 22.4 Å². The van der Waals surface area contributed by atoms with Crippen LogP contribution in [-0.2, 0) is 16.5 Å². The molecule has 1 aromatic rings. The number of rotatable bonds is 4. The first kappa shape index (κ1) is 10.4. The van der Waals surface area contributed by atoms with Crippen molar-refractivity contribution in [1.29, 1.82) is 0 Å². The molecule has 2 N–H and O–H groups in total. The molecule has 0 aliphatic rings. The van der Waals surface area contributed by atoms with Crippen LogP contribution in [0.3, 0.4) is 0 Å². The number of hydrogen-bond acceptors (Lipinski definition) is 5. The minimum Gasteiger partial charge on any atom is -0.414 e. The van der Waals surface area contributed by atoms with Gasteiger partial charge in [-0.05, 0) is 18.6 Å². The fourth-order valence-corrected chi connectivity index (χ4v) is 1.42. The summed E-state index contributed by atoms with van der Waals surface area (Å²) in [4.78, 5) is 0.154. The normalized spacial score (nSPS) is 11.8. The topological polar surface area (TPSA) is 96.2 Å². The Morgan fingerprint density at radius 2 is 2.31 bits per heavy atom. The summed E-state index contributed by atoms with van der Waals surface area (Å²) >= 11 is 4.60. The second-order valence-electron chi connectivity index (χ2n) is 2.40. The van der Waals surface area contributed by atoms with Gasteiger partial charge in [0.2, 0.25) is 5.89 Å². The van der Waals surface area contributed by atoms with Gasteiger partial charge in [-0.15, -0.1) is 5.10 Å². The molecule has 1 aromatic heterocycles. The average Bonchev–Trinajstić information content (AvgIpc) is 2.33. The molecule has 6 nitrogen and oxygen atoms in total. The third-order valence-electron chi connectivity index (χ3n) is 1.28. The average molecular weight is 224 g/mol. The lowest BCUT2D eigenvalue weighted by Gasteiger charge is -1.93. The number of aromatic nitrogens is 2. The van der Waals surface area contributed by atoms with Crippen LogP contribution in [0.1, 0.15) is 12.3 Å². The van der Waals surface area contributed by atoms with E-state index in [4.69, 9.17) is 8.97 Å². The van der Waals surface area contributed by atoms with Crippen LogP contribution in [0, 0.1) is 4.84 Å². The predicted octanol–water partition coefficient (Wildman–Crippen LogP) is 0.553. The molecule has 0 fully saturated rings. The van der Waals surface area contributed by atoms with E-state index in [1.165, 1.54) is 0 Å². The summed E-state index contributed by atoms with van der Waals surface area (Å²) in [6, 6.07) is 0. The monoisotopic (exact) mass is 224 g/mol. The second-order valence-corrected chi connectivity index (χ2v) is 4.34. The molecule has 1 rings (SSSR count). The Labute approximate surface area is 79.7 Å². The highest BCUT2D eigenvalue weighted by Gasteiger charge is 2.06. The number of aromatic amines is 1. The maximum absolute atomic E-state index is 10.3. The molecular formula is C5H8N2O4S2. The standard InChI is InChI=1S/C5H8N2O4S2/c8-13(9,10)3-1-2-4-6-7-5(12)11-4/h1-3H2,(H,7,12)(H,8,9,10). The van der Waals surface area contributed by atoms with Crippen molar-refractivity contribution < 1.29 is 17.4 Å². The molecule has 0 aliphatic carbocycles. The van der Waals surface area contributed by atoms with Crippen LogP contribution in [0.5, 0.6) is 0 Å². The first-order chi connectivity index (χ1) is 5.97. The van der Waals surface area contributed by atoms with Gasteiger partial charge in [0.1, 0.15) is 0 Å². The van der Waals surface area contributed by atoms with Gasteiger partial charge >= 0.3 is 0 Å². The number of nitrogens with one attached hydrogen (secondary N) is 1. The fourth-order valence-electron chi connectivity index (χ4n) is 0.773. The minimum atomic E-state index is -3.89. The van der Waals surface area contributed by atoms with Crippen LogP contribution in [0.2, 0.25) is 0 Å². The summed E-state index contributed by atoms with van der Waals surface area (Å²) < 4.78 is 33.9. The van der Waals surface area contributed by atoms with Gasteiger partial charge in [-0.25, -0.2) is 5.10 Å². The number of nitrogens with zero attached hydrogens (tertiary/aromatic N) is 1. The molecule has 13 heavy (non-hydrogen) atoms. The van der Waals surface area contributed by atoms with Crippen LogP contribution in [0.4, 0.5) is 0 Å². The van der Waals surface area contributed by atoms with Crippen molar-refractivity contribution in [3.63, 3.8) is 0 Å². The van der Waals surface area contributed by atoms with E-state index < -0.39 is 10.1 Å². The van der Waals surface area contributed by atoms with Gasteiger partial charge in [0.05, 0.1) is 5.75 Å². The number of H-pyrrole nitrogens is 1. The molecule has 0 saturated heterocycles. The van der Waals surface area contributed by atoms with Gasteiger partial charge in [-0.1, -0.05) is 0 Å². The quantitative estimate of drug-likeness (QED) is 0.572. The summed E-state index contributed by atoms with van der Waals surface area (Å²) in [5.74, 6) is 0.0379. The molecule has 1 heterocycles. The maximum Gasteiger partial charge on any atom is 0.284 e. The van der Waals surface area contributed by atoms with E-state index in [0.29, 0.717) is 12.3 Å². The molecule has 0 radical (unpaired) electrons. The first-order valence-corrected chi connectivity index (χ1v) is 5.49. The minimum absolute atomic E-state index is 0.154. The van der Waals surface area contributed by atoms with Gasteiger partial charge < -0.3 is 4.42 Å². The zero-order valence-electron chi connectivity index (χ0n) is 6.56. The number of hydrogen-bond donors (Lipinski definition) is 2. The highest BCUT2D eigenvalue weighted by Crippen LogP contribution is 2.00. The summed E-state index contributed by atoms with van der Waals surface area (Å²) in [6.07, 6.45) is 0.578. The smallest absolute Gasteiger partial charge is 0.284 e. The summed E-state index contributed by atoms with van der Waals surface area (Å²) in [6.45, 7) is 0. The van der Waals surface area contributed by atoms with Gasteiger partial charge in [0, 0.05) is 6.42 Å². The Hall–Kier alpha value is -0.730. The molecule has 0 saturated carbocycles. The van der Waals surface area contributed by atoms with Gasteiger partial charge in [0.25, 0.3) is 15.0 Å². The van der Waals surface area contributed by atoms with Gasteiger partial charge in [-0.2, -0.15) is 8.42 Å². The maximum atomic E-state index is 10.3. The lowest BCUT2D eigenvalue weighted by molar-refractivity contribution is 0.466. The van der Waals surface area contributed by atoms with Crippen LogP contribution in [0.25, 0.3) is 0 Å². The molecule has 0 unspecified atom stereocenters. The summed E-state index contributed by atoms with van der Waals surface area (Å²) in [7, 11) is -3.89. The third-order valence-corrected chi connectivity index (χ3v) is 2.25. The lowest BCUT2D eigenvalue weighted by atomic mass is 10.3. The first-order valence-electron chi connectivity index (χ1n) is 3.47.